The topological polar surface area (TPSA) is 46.3 Å². The summed E-state index contributed by atoms with van der Waals surface area (Å²) in [6, 6.07) is 0.264. The smallest absolute Gasteiger partial charge is 0.227 e. The Hall–Kier alpha value is -0.570. The Morgan fingerprint density at radius 2 is 1.72 bits per heavy atom. The van der Waals surface area contributed by atoms with Gasteiger partial charge in [-0.1, -0.05) is 40.0 Å². The fraction of sp³-hybridized carbons (Fsp3) is 0.933. The van der Waals surface area contributed by atoms with Crippen molar-refractivity contribution in [2.24, 2.45) is 11.7 Å². The molecule has 0 radical (unpaired) electrons. The van der Waals surface area contributed by atoms with Gasteiger partial charge in [0.15, 0.2) is 0 Å². The van der Waals surface area contributed by atoms with Crippen molar-refractivity contribution in [2.45, 2.75) is 78.8 Å². The second-order valence-electron chi connectivity index (χ2n) is 5.52. The summed E-state index contributed by atoms with van der Waals surface area (Å²) < 4.78 is 0. The van der Waals surface area contributed by atoms with E-state index in [1.54, 1.807) is 0 Å². The van der Waals surface area contributed by atoms with Crippen molar-refractivity contribution in [2.75, 3.05) is 6.54 Å². The number of unbranched alkanes of at least 4 members (excludes halogenated alkanes) is 2. The second kappa shape index (κ2) is 9.37. The molecule has 0 spiro atoms. The highest BCUT2D eigenvalue weighted by molar-refractivity contribution is 5.79. The minimum atomic E-state index is -0.0778. The summed E-state index contributed by atoms with van der Waals surface area (Å²) in [6.07, 6.45) is 5.67. The van der Waals surface area contributed by atoms with Gasteiger partial charge in [0.2, 0.25) is 5.91 Å². The van der Waals surface area contributed by atoms with E-state index < -0.39 is 0 Å². The molecule has 1 amide bonds. The Morgan fingerprint density at radius 1 is 1.11 bits per heavy atom. The third-order valence-corrected chi connectivity index (χ3v) is 3.70. The molecule has 18 heavy (non-hydrogen) atoms. The van der Waals surface area contributed by atoms with E-state index >= 15 is 0 Å². The van der Waals surface area contributed by atoms with Gasteiger partial charge in [0.1, 0.15) is 0 Å². The molecule has 0 heterocycles. The lowest BCUT2D eigenvalue weighted by molar-refractivity contribution is -0.137. The fourth-order valence-corrected chi connectivity index (χ4v) is 2.14. The molecule has 0 aromatic heterocycles. The van der Waals surface area contributed by atoms with Crippen LogP contribution in [-0.4, -0.2) is 29.4 Å². The largest absolute Gasteiger partial charge is 0.340 e. The number of carbonyl (C=O) groups is 1. The first-order valence-electron chi connectivity index (χ1n) is 7.51. The van der Waals surface area contributed by atoms with Gasteiger partial charge in [-0.3, -0.25) is 4.79 Å². The van der Waals surface area contributed by atoms with Crippen LogP contribution in [0.25, 0.3) is 0 Å². The first-order chi connectivity index (χ1) is 8.45. The number of nitrogens with zero attached hydrogens (tertiary/aromatic N) is 1. The summed E-state index contributed by atoms with van der Waals surface area (Å²) in [5.74, 6) is 0.146. The maximum Gasteiger partial charge on any atom is 0.227 e. The van der Waals surface area contributed by atoms with Gasteiger partial charge in [-0.25, -0.2) is 0 Å². The molecule has 108 valence electrons. The van der Waals surface area contributed by atoms with Crippen molar-refractivity contribution >= 4 is 5.91 Å². The Morgan fingerprint density at radius 3 is 2.17 bits per heavy atom. The normalized spacial score (nSPS) is 16.1. The predicted molar refractivity (Wildman–Crippen MR) is 78.4 cm³/mol. The highest BCUT2D eigenvalue weighted by Crippen LogP contribution is 2.14. The molecule has 3 nitrogen and oxygen atoms in total. The monoisotopic (exact) mass is 256 g/mol. The van der Waals surface area contributed by atoms with Crippen molar-refractivity contribution in [1.82, 2.24) is 4.90 Å². The van der Waals surface area contributed by atoms with E-state index in [4.69, 9.17) is 5.73 Å². The van der Waals surface area contributed by atoms with E-state index in [1.807, 2.05) is 18.7 Å². The van der Waals surface area contributed by atoms with Crippen LogP contribution in [0, 0.1) is 5.92 Å². The zero-order chi connectivity index (χ0) is 14.1. The lowest BCUT2D eigenvalue weighted by Crippen LogP contribution is -2.46. The summed E-state index contributed by atoms with van der Waals surface area (Å²) in [5, 5.41) is 0. The molecule has 0 saturated carbocycles. The van der Waals surface area contributed by atoms with Crippen molar-refractivity contribution in [3.8, 4) is 0 Å². The van der Waals surface area contributed by atoms with Gasteiger partial charge in [-0.05, 0) is 26.7 Å². The first kappa shape index (κ1) is 17.4. The van der Waals surface area contributed by atoms with Crippen molar-refractivity contribution in [3.05, 3.63) is 0 Å². The van der Waals surface area contributed by atoms with E-state index in [-0.39, 0.29) is 17.9 Å². The highest BCUT2D eigenvalue weighted by Gasteiger charge is 2.26. The molecule has 3 atom stereocenters. The number of amides is 1. The number of hydrogen-bond donors (Lipinski definition) is 1. The summed E-state index contributed by atoms with van der Waals surface area (Å²) in [4.78, 5) is 14.5. The maximum atomic E-state index is 12.4. The molecule has 0 aromatic carbocycles. The van der Waals surface area contributed by atoms with Gasteiger partial charge in [0, 0.05) is 18.6 Å². The molecule has 0 aliphatic heterocycles. The number of rotatable bonds is 9. The molecule has 0 fully saturated rings. The van der Waals surface area contributed by atoms with Gasteiger partial charge in [0.25, 0.3) is 0 Å². The van der Waals surface area contributed by atoms with Gasteiger partial charge in [-0.2, -0.15) is 0 Å². The van der Waals surface area contributed by atoms with Crippen LogP contribution in [0.3, 0.4) is 0 Å². The zero-order valence-electron chi connectivity index (χ0n) is 12.9. The number of hydrogen-bond acceptors (Lipinski definition) is 2. The summed E-state index contributed by atoms with van der Waals surface area (Å²) >= 11 is 0. The lowest BCUT2D eigenvalue weighted by Gasteiger charge is -2.32. The molecule has 0 bridgehead atoms. The minimum Gasteiger partial charge on any atom is -0.340 e. The average Bonchev–Trinajstić information content (AvgIpc) is 2.33. The Labute approximate surface area is 113 Å². The highest BCUT2D eigenvalue weighted by atomic mass is 16.2. The zero-order valence-corrected chi connectivity index (χ0v) is 12.9. The van der Waals surface area contributed by atoms with Crippen LogP contribution >= 0.6 is 0 Å². The van der Waals surface area contributed by atoms with E-state index in [1.165, 1.54) is 12.8 Å². The molecule has 0 rings (SSSR count). The maximum absolute atomic E-state index is 12.4. The molecule has 3 heteroatoms. The van der Waals surface area contributed by atoms with Crippen LogP contribution in [0.4, 0.5) is 0 Å². The van der Waals surface area contributed by atoms with Crippen LogP contribution in [0.2, 0.25) is 0 Å². The summed E-state index contributed by atoms with van der Waals surface area (Å²) in [7, 11) is 0. The molecule has 2 N–H and O–H groups in total. The molecule has 0 aliphatic carbocycles. The Kier molecular flexibility index (Phi) is 9.08. The Bertz CT molecular complexity index is 229. The minimum absolute atomic E-state index is 0.0694. The molecule has 0 saturated heterocycles. The van der Waals surface area contributed by atoms with Crippen LogP contribution in [0.5, 0.6) is 0 Å². The van der Waals surface area contributed by atoms with Crippen LogP contribution in [0.1, 0.15) is 66.7 Å². The van der Waals surface area contributed by atoms with Crippen LogP contribution in [-0.2, 0) is 4.79 Å². The van der Waals surface area contributed by atoms with Crippen molar-refractivity contribution in [3.63, 3.8) is 0 Å². The third kappa shape index (κ3) is 5.85. The quantitative estimate of drug-likeness (QED) is 0.644. The summed E-state index contributed by atoms with van der Waals surface area (Å²) in [6.45, 7) is 11.2. The Balaban J connectivity index is 4.57. The van der Waals surface area contributed by atoms with Crippen LogP contribution in [0.15, 0.2) is 0 Å². The SMILES string of the molecule is CCCCCN(C(=O)C(C)C(C)N)C(C)CCC. The third-order valence-electron chi connectivity index (χ3n) is 3.70. The number of nitrogens with two attached hydrogens (primary N) is 1. The van der Waals surface area contributed by atoms with Gasteiger partial charge >= 0.3 is 0 Å². The molecular weight excluding hydrogens is 224 g/mol. The van der Waals surface area contributed by atoms with E-state index in [0.717, 1.165) is 25.8 Å². The predicted octanol–water partition coefficient (Wildman–Crippen LogP) is 3.18. The summed E-state index contributed by atoms with van der Waals surface area (Å²) in [5.41, 5.74) is 5.86. The van der Waals surface area contributed by atoms with Crippen molar-refractivity contribution < 1.29 is 4.79 Å². The van der Waals surface area contributed by atoms with Crippen LogP contribution < -0.4 is 5.73 Å². The van der Waals surface area contributed by atoms with Crippen molar-refractivity contribution in [1.29, 1.82) is 0 Å². The molecular formula is C15H32N2O. The number of carbonyl (C=O) groups excluding carboxylic acids is 1. The fourth-order valence-electron chi connectivity index (χ4n) is 2.14. The molecule has 3 unspecified atom stereocenters. The average molecular weight is 256 g/mol. The first-order valence-corrected chi connectivity index (χ1v) is 7.51. The van der Waals surface area contributed by atoms with Gasteiger partial charge in [0.05, 0.1) is 5.92 Å². The van der Waals surface area contributed by atoms with Gasteiger partial charge in [-0.15, -0.1) is 0 Å². The molecule has 0 aromatic rings. The van der Waals surface area contributed by atoms with E-state index in [9.17, 15) is 4.79 Å². The van der Waals surface area contributed by atoms with E-state index in [2.05, 4.69) is 20.8 Å². The standard InChI is InChI=1S/C15H32N2O/c1-6-8-9-11-17(12(3)10-7-2)15(18)13(4)14(5)16/h12-14H,6-11,16H2,1-5H3. The van der Waals surface area contributed by atoms with Gasteiger partial charge < -0.3 is 10.6 Å². The molecule has 0 aliphatic rings. The second-order valence-corrected chi connectivity index (χ2v) is 5.52. The van der Waals surface area contributed by atoms with E-state index in [0.29, 0.717) is 6.04 Å². The lowest BCUT2D eigenvalue weighted by atomic mass is 10.0.